The Hall–Kier alpha value is -1.10. The van der Waals surface area contributed by atoms with Gasteiger partial charge in [-0.05, 0) is 18.3 Å². The predicted molar refractivity (Wildman–Crippen MR) is 66.7 cm³/mol. The molecule has 5 nitrogen and oxygen atoms in total. The smallest absolute Gasteiger partial charge is 0.305 e. The number of hydrogen-bond acceptors (Lipinski definition) is 4. The highest BCUT2D eigenvalue weighted by Gasteiger charge is 2.42. The molecule has 0 bridgehead atoms. The van der Waals surface area contributed by atoms with Crippen molar-refractivity contribution < 1.29 is 19.1 Å². The van der Waals surface area contributed by atoms with E-state index in [0.29, 0.717) is 5.92 Å². The molecule has 1 heterocycles. The minimum atomic E-state index is -0.692. The Morgan fingerprint density at radius 2 is 1.83 bits per heavy atom. The van der Waals surface area contributed by atoms with Gasteiger partial charge in [-0.1, -0.05) is 20.8 Å². The molecule has 1 amide bonds. The normalized spacial score (nSPS) is 35.9. The highest BCUT2D eigenvalue weighted by molar-refractivity contribution is 5.73. The standard InChI is InChI=1S/C13H23NO4/c1-6-11-7(2)8(3)12(14-9(4)15)13(18-11)17-10(5)16/h7-8,11-13H,6H2,1-5H3,(H,14,15)/t7-,8+,11-,12-,13?/m1/s1. The molecule has 0 aromatic rings. The summed E-state index contributed by atoms with van der Waals surface area (Å²) in [7, 11) is 0. The van der Waals surface area contributed by atoms with Crippen molar-refractivity contribution >= 4 is 11.9 Å². The topological polar surface area (TPSA) is 64.6 Å². The van der Waals surface area contributed by atoms with Gasteiger partial charge in [0.25, 0.3) is 0 Å². The summed E-state index contributed by atoms with van der Waals surface area (Å²) in [5, 5.41) is 2.82. The molecule has 0 saturated carbocycles. The Balaban J connectivity index is 2.86. The number of esters is 1. The summed E-state index contributed by atoms with van der Waals surface area (Å²) in [6, 6.07) is -0.288. The van der Waals surface area contributed by atoms with Crippen LogP contribution in [0.15, 0.2) is 0 Å². The molecule has 1 aliphatic rings. The van der Waals surface area contributed by atoms with Crippen LogP contribution in [-0.4, -0.2) is 30.3 Å². The van der Waals surface area contributed by atoms with Gasteiger partial charge in [0.05, 0.1) is 12.1 Å². The Morgan fingerprint density at radius 1 is 1.22 bits per heavy atom. The number of amides is 1. The maximum atomic E-state index is 11.2. The fourth-order valence-corrected chi connectivity index (χ4v) is 2.46. The highest BCUT2D eigenvalue weighted by atomic mass is 16.7. The van der Waals surface area contributed by atoms with Crippen molar-refractivity contribution in [3.05, 3.63) is 0 Å². The summed E-state index contributed by atoms with van der Waals surface area (Å²) in [6.07, 6.45) is 0.215. The summed E-state index contributed by atoms with van der Waals surface area (Å²) in [4.78, 5) is 22.4. The minimum absolute atomic E-state index is 0.0503. The lowest BCUT2D eigenvalue weighted by Gasteiger charge is -2.44. The van der Waals surface area contributed by atoms with E-state index in [2.05, 4.69) is 12.2 Å². The van der Waals surface area contributed by atoms with E-state index in [0.717, 1.165) is 6.42 Å². The van der Waals surface area contributed by atoms with E-state index in [1.54, 1.807) is 0 Å². The molecular formula is C13H23NO4. The van der Waals surface area contributed by atoms with Crippen LogP contribution in [0.3, 0.4) is 0 Å². The monoisotopic (exact) mass is 257 g/mol. The van der Waals surface area contributed by atoms with Crippen molar-refractivity contribution in [2.75, 3.05) is 0 Å². The number of carbonyl (C=O) groups is 2. The van der Waals surface area contributed by atoms with Gasteiger partial charge in [-0.3, -0.25) is 9.59 Å². The van der Waals surface area contributed by atoms with Gasteiger partial charge < -0.3 is 14.8 Å². The van der Waals surface area contributed by atoms with Gasteiger partial charge in [-0.2, -0.15) is 0 Å². The van der Waals surface area contributed by atoms with Crippen molar-refractivity contribution in [1.29, 1.82) is 0 Å². The first-order valence-electron chi connectivity index (χ1n) is 6.46. The number of ether oxygens (including phenoxy) is 2. The maximum absolute atomic E-state index is 11.2. The summed E-state index contributed by atoms with van der Waals surface area (Å²) < 4.78 is 11.0. The third kappa shape index (κ3) is 3.45. The van der Waals surface area contributed by atoms with E-state index in [-0.39, 0.29) is 24.0 Å². The zero-order valence-electron chi connectivity index (χ0n) is 11.7. The van der Waals surface area contributed by atoms with Gasteiger partial charge in [0, 0.05) is 13.8 Å². The van der Waals surface area contributed by atoms with Crippen LogP contribution in [0.2, 0.25) is 0 Å². The molecule has 104 valence electrons. The van der Waals surface area contributed by atoms with Crippen LogP contribution < -0.4 is 5.32 Å². The SMILES string of the molecule is CC[C@H]1OC(OC(C)=O)[C@H](NC(C)=O)[C@@H](C)[C@H]1C. The third-order valence-corrected chi connectivity index (χ3v) is 3.64. The van der Waals surface area contributed by atoms with Crippen LogP contribution >= 0.6 is 0 Å². The number of nitrogens with one attached hydrogen (secondary N) is 1. The van der Waals surface area contributed by atoms with E-state index >= 15 is 0 Å². The van der Waals surface area contributed by atoms with Gasteiger partial charge in [0.1, 0.15) is 0 Å². The van der Waals surface area contributed by atoms with E-state index in [1.807, 2.05) is 13.8 Å². The molecular weight excluding hydrogens is 234 g/mol. The van der Waals surface area contributed by atoms with E-state index in [9.17, 15) is 9.59 Å². The predicted octanol–water partition coefficient (Wildman–Crippen LogP) is 1.46. The molecule has 1 fully saturated rings. The highest BCUT2D eigenvalue weighted by Crippen LogP contribution is 2.32. The molecule has 1 unspecified atom stereocenters. The Bertz CT molecular complexity index is 318. The summed E-state index contributed by atoms with van der Waals surface area (Å²) in [6.45, 7) is 8.98. The second kappa shape index (κ2) is 6.18. The molecule has 1 saturated heterocycles. The largest absolute Gasteiger partial charge is 0.434 e. The van der Waals surface area contributed by atoms with E-state index in [1.165, 1.54) is 13.8 Å². The van der Waals surface area contributed by atoms with Crippen LogP contribution in [0.5, 0.6) is 0 Å². The molecule has 1 rings (SSSR count). The molecule has 1 aliphatic heterocycles. The van der Waals surface area contributed by atoms with Crippen LogP contribution in [0.1, 0.15) is 41.0 Å². The molecule has 1 N–H and O–H groups in total. The summed E-state index contributed by atoms with van der Waals surface area (Å²) >= 11 is 0. The molecule has 0 aromatic carbocycles. The lowest BCUT2D eigenvalue weighted by atomic mass is 9.81. The van der Waals surface area contributed by atoms with E-state index in [4.69, 9.17) is 9.47 Å². The average Bonchev–Trinajstić information content (AvgIpc) is 2.27. The lowest BCUT2D eigenvalue weighted by molar-refractivity contribution is -0.231. The zero-order chi connectivity index (χ0) is 13.9. The van der Waals surface area contributed by atoms with Crippen molar-refractivity contribution in [3.63, 3.8) is 0 Å². The zero-order valence-corrected chi connectivity index (χ0v) is 11.7. The van der Waals surface area contributed by atoms with Crippen molar-refractivity contribution in [1.82, 2.24) is 5.32 Å². The first kappa shape index (κ1) is 15.0. The van der Waals surface area contributed by atoms with Crippen LogP contribution in [0.4, 0.5) is 0 Å². The molecule has 0 aromatic heterocycles. The van der Waals surface area contributed by atoms with Gasteiger partial charge in [-0.15, -0.1) is 0 Å². The van der Waals surface area contributed by atoms with Crippen molar-refractivity contribution in [2.24, 2.45) is 11.8 Å². The Kier molecular flexibility index (Phi) is 5.14. The molecule has 0 spiro atoms. The van der Waals surface area contributed by atoms with Crippen molar-refractivity contribution in [3.8, 4) is 0 Å². The molecule has 5 heteroatoms. The quantitative estimate of drug-likeness (QED) is 0.777. The van der Waals surface area contributed by atoms with Crippen LogP contribution in [-0.2, 0) is 19.1 Å². The fraction of sp³-hybridized carbons (Fsp3) is 0.846. The maximum Gasteiger partial charge on any atom is 0.305 e. The number of hydrogen-bond donors (Lipinski definition) is 1. The molecule has 18 heavy (non-hydrogen) atoms. The summed E-state index contributed by atoms with van der Waals surface area (Å²) in [5.74, 6) is -0.0442. The average molecular weight is 257 g/mol. The first-order chi connectivity index (χ1) is 8.36. The van der Waals surface area contributed by atoms with Crippen molar-refractivity contribution in [2.45, 2.75) is 59.5 Å². The van der Waals surface area contributed by atoms with Gasteiger partial charge in [0.2, 0.25) is 12.2 Å². The van der Waals surface area contributed by atoms with Gasteiger partial charge >= 0.3 is 5.97 Å². The van der Waals surface area contributed by atoms with E-state index < -0.39 is 12.3 Å². The second-order valence-corrected chi connectivity index (χ2v) is 5.01. The van der Waals surface area contributed by atoms with Gasteiger partial charge in [0.15, 0.2) is 0 Å². The molecule has 5 atom stereocenters. The van der Waals surface area contributed by atoms with Gasteiger partial charge in [-0.25, -0.2) is 0 Å². The lowest BCUT2D eigenvalue weighted by Crippen LogP contribution is -2.57. The summed E-state index contributed by atoms with van der Waals surface area (Å²) in [5.41, 5.74) is 0. The third-order valence-electron chi connectivity index (χ3n) is 3.64. The first-order valence-corrected chi connectivity index (χ1v) is 6.46. The Labute approximate surface area is 108 Å². The van der Waals surface area contributed by atoms with Crippen LogP contribution in [0.25, 0.3) is 0 Å². The second-order valence-electron chi connectivity index (χ2n) is 5.01. The number of rotatable bonds is 3. The van der Waals surface area contributed by atoms with Crippen LogP contribution in [0, 0.1) is 11.8 Å². The molecule has 0 aliphatic carbocycles. The fourth-order valence-electron chi connectivity index (χ4n) is 2.46. The Morgan fingerprint density at radius 3 is 2.28 bits per heavy atom. The number of carbonyl (C=O) groups excluding carboxylic acids is 2. The molecule has 0 radical (unpaired) electrons. The minimum Gasteiger partial charge on any atom is -0.434 e.